The van der Waals surface area contributed by atoms with Crippen LogP contribution < -0.4 is 21.7 Å². The lowest BCUT2D eigenvalue weighted by Crippen LogP contribution is -2.49. The van der Waals surface area contributed by atoms with Gasteiger partial charge in [0.05, 0.1) is 0 Å². The summed E-state index contributed by atoms with van der Waals surface area (Å²) in [6.45, 7) is -0.613. The van der Waals surface area contributed by atoms with Crippen LogP contribution in [0.15, 0.2) is 42.5 Å². The molecule has 0 bridgehead atoms. The third kappa shape index (κ3) is 8.67. The van der Waals surface area contributed by atoms with Gasteiger partial charge in [0.25, 0.3) is 0 Å². The van der Waals surface area contributed by atoms with Crippen molar-refractivity contribution in [3.8, 4) is 0 Å². The third-order valence-electron chi connectivity index (χ3n) is 4.47. The number of amides is 2. The number of rotatable bonds is 11. The molecule has 0 aliphatic rings. The molecule has 2 rings (SSSR count). The van der Waals surface area contributed by atoms with Gasteiger partial charge in [-0.2, -0.15) is 0 Å². The molecule has 2 atom stereocenters. The minimum absolute atomic E-state index is 0.0266. The first-order valence-corrected chi connectivity index (χ1v) is 11.3. The molecular weight excluding hydrogens is 468 g/mol. The summed E-state index contributed by atoms with van der Waals surface area (Å²) < 4.78 is 0.351. The van der Waals surface area contributed by atoms with E-state index in [2.05, 4.69) is 16.0 Å². The first-order chi connectivity index (χ1) is 15.7. The van der Waals surface area contributed by atoms with E-state index in [9.17, 15) is 19.2 Å². The Morgan fingerprint density at radius 2 is 1.76 bits per heavy atom. The highest BCUT2D eigenvalue weighted by atomic mass is 32.2. The van der Waals surface area contributed by atoms with Gasteiger partial charge in [0.1, 0.15) is 22.9 Å². The number of carboxylic acids is 2. The Labute approximate surface area is 199 Å². The molecule has 0 spiro atoms. The lowest BCUT2D eigenvalue weighted by Gasteiger charge is -2.19. The number of anilines is 1. The van der Waals surface area contributed by atoms with Crippen molar-refractivity contribution in [3.05, 3.63) is 42.5 Å². The summed E-state index contributed by atoms with van der Waals surface area (Å²) in [4.78, 5) is 46.1. The highest BCUT2D eigenvalue weighted by Gasteiger charge is 2.23. The lowest BCUT2D eigenvalue weighted by atomic mass is 10.1. The van der Waals surface area contributed by atoms with Gasteiger partial charge in [0, 0.05) is 23.2 Å². The van der Waals surface area contributed by atoms with Gasteiger partial charge >= 0.3 is 11.9 Å². The summed E-state index contributed by atoms with van der Waals surface area (Å²) in [5.74, 6) is -3.73. The molecule has 0 heterocycles. The molecule has 176 valence electrons. The van der Waals surface area contributed by atoms with Gasteiger partial charge in [-0.25, -0.2) is 0 Å². The number of nitrogens with one attached hydrogen (secondary N) is 3. The monoisotopic (exact) mass is 492 g/mol. The Kier molecular flexibility index (Phi) is 10.0. The number of carbonyl (C=O) groups excluding carboxylic acids is 2. The van der Waals surface area contributed by atoms with Gasteiger partial charge in [-0.05, 0) is 17.9 Å². The highest BCUT2D eigenvalue weighted by Crippen LogP contribution is 2.24. The van der Waals surface area contributed by atoms with Gasteiger partial charge in [-0.1, -0.05) is 60.4 Å². The van der Waals surface area contributed by atoms with E-state index in [1.807, 2.05) is 42.5 Å². The topological polar surface area (TPSA) is 171 Å². The normalized spacial score (nSPS) is 12.4. The molecule has 10 nitrogen and oxygen atoms in total. The molecule has 2 amide bonds. The summed E-state index contributed by atoms with van der Waals surface area (Å²) in [5, 5.41) is 27.4. The number of thiocarbonyl (C=S) groups is 1. The van der Waals surface area contributed by atoms with Crippen LogP contribution in [0.3, 0.4) is 0 Å². The van der Waals surface area contributed by atoms with E-state index in [0.29, 0.717) is 4.32 Å². The molecule has 0 radical (unpaired) electrons. The minimum Gasteiger partial charge on any atom is -0.480 e. The molecule has 0 unspecified atom stereocenters. The highest BCUT2D eigenvalue weighted by molar-refractivity contribution is 8.23. The number of carboxylic acid groups (broad SMARTS) is 2. The molecule has 33 heavy (non-hydrogen) atoms. The zero-order chi connectivity index (χ0) is 24.4. The second-order valence-electron chi connectivity index (χ2n) is 6.97. The van der Waals surface area contributed by atoms with Crippen molar-refractivity contribution >= 4 is 68.5 Å². The maximum absolute atomic E-state index is 12.4. The summed E-state index contributed by atoms with van der Waals surface area (Å²) in [5.41, 5.74) is 6.18. The molecular formula is C21H24N4O6S2. The van der Waals surface area contributed by atoms with Crippen LogP contribution >= 0.6 is 24.0 Å². The SMILES string of the molecule is N[C@@H](CCC(=O)N[C@@H](CSC(=S)Nc1cccc2ccccc12)C(=O)NCC(=O)O)C(=O)O. The largest absolute Gasteiger partial charge is 0.480 e. The summed E-state index contributed by atoms with van der Waals surface area (Å²) in [6.07, 6.45) is -0.321. The number of fused-ring (bicyclic) bond motifs is 1. The quantitative estimate of drug-likeness (QED) is 0.250. The Morgan fingerprint density at radius 1 is 1.06 bits per heavy atom. The fourth-order valence-electron chi connectivity index (χ4n) is 2.78. The van der Waals surface area contributed by atoms with Crippen LogP contribution in [0, 0.1) is 0 Å². The number of hydrogen-bond acceptors (Lipinski definition) is 7. The van der Waals surface area contributed by atoms with Crippen LogP contribution in [-0.4, -0.2) is 62.7 Å². The fourth-order valence-corrected chi connectivity index (χ4v) is 3.83. The average Bonchev–Trinajstić information content (AvgIpc) is 2.78. The van der Waals surface area contributed by atoms with Gasteiger partial charge in [-0.3, -0.25) is 19.2 Å². The Morgan fingerprint density at radius 3 is 2.45 bits per heavy atom. The van der Waals surface area contributed by atoms with Gasteiger partial charge in [0.15, 0.2) is 0 Å². The number of thioether (sulfide) groups is 1. The van der Waals surface area contributed by atoms with Crippen LogP contribution in [0.2, 0.25) is 0 Å². The number of carbonyl (C=O) groups is 4. The molecule has 2 aromatic carbocycles. The summed E-state index contributed by atoms with van der Waals surface area (Å²) in [6, 6.07) is 11.1. The van der Waals surface area contributed by atoms with Crippen molar-refractivity contribution in [2.45, 2.75) is 24.9 Å². The zero-order valence-corrected chi connectivity index (χ0v) is 19.1. The Bertz CT molecular complexity index is 1040. The molecule has 0 aliphatic heterocycles. The van der Waals surface area contributed by atoms with Crippen molar-refractivity contribution in [3.63, 3.8) is 0 Å². The van der Waals surface area contributed by atoms with Crippen molar-refractivity contribution < 1.29 is 29.4 Å². The molecule has 0 fully saturated rings. The van der Waals surface area contributed by atoms with Crippen LogP contribution in [0.5, 0.6) is 0 Å². The first kappa shape index (κ1) is 26.0. The van der Waals surface area contributed by atoms with E-state index in [-0.39, 0.29) is 18.6 Å². The predicted molar refractivity (Wildman–Crippen MR) is 130 cm³/mol. The standard InChI is InChI=1S/C21H24N4O6S2/c22-14(20(30)31)8-9-17(26)24-16(19(29)23-10-18(27)28)11-33-21(32)25-15-7-3-5-12-4-1-2-6-13(12)15/h1-7,14,16H,8-11,22H2,(H,23,29)(H,24,26)(H,25,32)(H,27,28)(H,30,31)/t14-,16-/m0/s1. The van der Waals surface area contributed by atoms with E-state index in [1.165, 1.54) is 0 Å². The second kappa shape index (κ2) is 12.7. The maximum Gasteiger partial charge on any atom is 0.322 e. The molecule has 0 aliphatic carbocycles. The van der Waals surface area contributed by atoms with E-state index in [4.69, 9.17) is 28.2 Å². The van der Waals surface area contributed by atoms with Crippen LogP contribution in [0.1, 0.15) is 12.8 Å². The second-order valence-corrected chi connectivity index (χ2v) is 8.66. The molecule has 12 heteroatoms. The molecule has 0 aromatic heterocycles. The minimum atomic E-state index is -1.24. The number of aliphatic carboxylic acids is 2. The molecule has 7 N–H and O–H groups in total. The summed E-state index contributed by atoms with van der Waals surface area (Å²) >= 11 is 6.47. The molecule has 0 saturated carbocycles. The Hall–Kier alpha value is -3.22. The van der Waals surface area contributed by atoms with Crippen molar-refractivity contribution in [1.29, 1.82) is 0 Å². The lowest BCUT2D eigenvalue weighted by molar-refractivity contribution is -0.139. The van der Waals surface area contributed by atoms with E-state index >= 15 is 0 Å². The molecule has 0 saturated heterocycles. The smallest absolute Gasteiger partial charge is 0.322 e. The third-order valence-corrected chi connectivity index (χ3v) is 5.79. The predicted octanol–water partition coefficient (Wildman–Crippen LogP) is 1.15. The van der Waals surface area contributed by atoms with Gasteiger partial charge < -0.3 is 31.9 Å². The average molecular weight is 493 g/mol. The van der Waals surface area contributed by atoms with E-state index < -0.39 is 42.4 Å². The van der Waals surface area contributed by atoms with Crippen molar-refractivity contribution in [1.82, 2.24) is 10.6 Å². The maximum atomic E-state index is 12.4. The summed E-state index contributed by atoms with van der Waals surface area (Å²) in [7, 11) is 0. The van der Waals surface area contributed by atoms with E-state index in [1.54, 1.807) is 0 Å². The molecule has 2 aromatic rings. The van der Waals surface area contributed by atoms with Crippen LogP contribution in [0.4, 0.5) is 5.69 Å². The fraction of sp³-hybridized carbons (Fsp3) is 0.286. The zero-order valence-electron chi connectivity index (χ0n) is 17.4. The number of nitrogens with two attached hydrogens (primary N) is 1. The van der Waals surface area contributed by atoms with Crippen molar-refractivity contribution in [2.24, 2.45) is 5.73 Å². The van der Waals surface area contributed by atoms with E-state index in [0.717, 1.165) is 28.2 Å². The Balaban J connectivity index is 1.99. The van der Waals surface area contributed by atoms with Gasteiger partial charge in [0.2, 0.25) is 11.8 Å². The van der Waals surface area contributed by atoms with Crippen LogP contribution in [-0.2, 0) is 19.2 Å². The van der Waals surface area contributed by atoms with Crippen LogP contribution in [0.25, 0.3) is 10.8 Å². The van der Waals surface area contributed by atoms with Crippen molar-refractivity contribution in [2.75, 3.05) is 17.6 Å². The number of hydrogen-bond donors (Lipinski definition) is 6. The first-order valence-electron chi connectivity index (χ1n) is 9.86. The van der Waals surface area contributed by atoms with Gasteiger partial charge in [-0.15, -0.1) is 0 Å². The number of benzene rings is 2.